The van der Waals surface area contributed by atoms with Crippen LogP contribution in [0.5, 0.6) is 0 Å². The van der Waals surface area contributed by atoms with Gasteiger partial charge >= 0.3 is 0 Å². The molecule has 1 saturated heterocycles. The molecule has 1 unspecified atom stereocenters. The zero-order valence-corrected chi connectivity index (χ0v) is 9.45. The van der Waals surface area contributed by atoms with Crippen LogP contribution in [0.3, 0.4) is 0 Å². The molecule has 0 bridgehead atoms. The number of aryl methyl sites for hydroxylation is 2. The van der Waals surface area contributed by atoms with E-state index in [1.165, 1.54) is 0 Å². The van der Waals surface area contributed by atoms with E-state index in [2.05, 4.69) is 23.4 Å². The molecule has 0 aliphatic carbocycles. The Labute approximate surface area is 90.3 Å². The normalized spacial score (nSPS) is 26.1. The lowest BCUT2D eigenvalue weighted by Crippen LogP contribution is -2.34. The summed E-state index contributed by atoms with van der Waals surface area (Å²) in [5, 5.41) is 17.9. The number of β-amino-alcohol motifs (C(OH)–C–C–N with tert-alkyl or cyclic N) is 1. The van der Waals surface area contributed by atoms with Gasteiger partial charge < -0.3 is 10.4 Å². The number of aliphatic hydroxyl groups is 1. The van der Waals surface area contributed by atoms with Crippen LogP contribution in [0.1, 0.15) is 24.7 Å². The van der Waals surface area contributed by atoms with Gasteiger partial charge in [0.25, 0.3) is 0 Å². The van der Waals surface area contributed by atoms with E-state index in [-0.39, 0.29) is 0 Å². The number of rotatable bonds is 3. The van der Waals surface area contributed by atoms with Crippen LogP contribution in [0.15, 0.2) is 6.07 Å². The van der Waals surface area contributed by atoms with Gasteiger partial charge in [0.2, 0.25) is 0 Å². The summed E-state index contributed by atoms with van der Waals surface area (Å²) in [6, 6.07) is 2.07. The van der Waals surface area contributed by atoms with Crippen LogP contribution in [0, 0.1) is 6.92 Å². The highest BCUT2D eigenvalue weighted by atomic mass is 16.3. The SMILES string of the molecule is CCn1nc(C)cc1CC1(O)CCNC1. The molecule has 0 saturated carbocycles. The Morgan fingerprint density at radius 1 is 1.67 bits per heavy atom. The second-order valence-electron chi connectivity index (χ2n) is 4.42. The van der Waals surface area contributed by atoms with Gasteiger partial charge in [-0.25, -0.2) is 0 Å². The van der Waals surface area contributed by atoms with Crippen molar-refractivity contribution < 1.29 is 5.11 Å². The Morgan fingerprint density at radius 2 is 2.47 bits per heavy atom. The summed E-state index contributed by atoms with van der Waals surface area (Å²) in [7, 11) is 0. The van der Waals surface area contributed by atoms with Gasteiger partial charge in [-0.15, -0.1) is 0 Å². The molecule has 15 heavy (non-hydrogen) atoms. The molecule has 1 atom stereocenters. The van der Waals surface area contributed by atoms with E-state index in [9.17, 15) is 5.11 Å². The smallest absolute Gasteiger partial charge is 0.0838 e. The summed E-state index contributed by atoms with van der Waals surface area (Å²) in [6.07, 6.45) is 1.54. The fourth-order valence-electron chi connectivity index (χ4n) is 2.23. The first-order valence-corrected chi connectivity index (χ1v) is 5.59. The molecule has 0 amide bonds. The van der Waals surface area contributed by atoms with Crippen molar-refractivity contribution in [3.63, 3.8) is 0 Å². The first-order valence-electron chi connectivity index (χ1n) is 5.59. The summed E-state index contributed by atoms with van der Waals surface area (Å²) in [6.45, 7) is 6.54. The maximum atomic E-state index is 10.3. The number of hydrogen-bond donors (Lipinski definition) is 2. The zero-order chi connectivity index (χ0) is 10.9. The number of hydrogen-bond acceptors (Lipinski definition) is 3. The lowest BCUT2D eigenvalue weighted by Gasteiger charge is -2.21. The highest BCUT2D eigenvalue weighted by molar-refractivity contribution is 5.13. The first-order chi connectivity index (χ1) is 7.13. The zero-order valence-electron chi connectivity index (χ0n) is 9.45. The largest absolute Gasteiger partial charge is 0.388 e. The van der Waals surface area contributed by atoms with Crippen LogP contribution in [0.2, 0.25) is 0 Å². The van der Waals surface area contributed by atoms with Crippen LogP contribution in [0.4, 0.5) is 0 Å². The molecule has 4 nitrogen and oxygen atoms in total. The standard InChI is InChI=1S/C11H19N3O/c1-3-14-10(6-9(2)13-14)7-11(15)4-5-12-8-11/h6,12,15H,3-5,7-8H2,1-2H3. The molecule has 1 aliphatic heterocycles. The van der Waals surface area contributed by atoms with Gasteiger partial charge in [0.1, 0.15) is 0 Å². The van der Waals surface area contributed by atoms with Gasteiger partial charge in [-0.05, 0) is 32.9 Å². The van der Waals surface area contributed by atoms with E-state index in [4.69, 9.17) is 0 Å². The van der Waals surface area contributed by atoms with E-state index in [0.717, 1.165) is 30.9 Å². The van der Waals surface area contributed by atoms with Gasteiger partial charge in [-0.1, -0.05) is 0 Å². The number of nitrogens with zero attached hydrogens (tertiary/aromatic N) is 2. The summed E-state index contributed by atoms with van der Waals surface area (Å²) in [5.74, 6) is 0. The summed E-state index contributed by atoms with van der Waals surface area (Å²) in [5.41, 5.74) is 1.60. The molecule has 2 rings (SSSR count). The van der Waals surface area contributed by atoms with E-state index in [1.807, 2.05) is 11.6 Å². The van der Waals surface area contributed by atoms with E-state index < -0.39 is 5.60 Å². The molecular formula is C11H19N3O. The highest BCUT2D eigenvalue weighted by Gasteiger charge is 2.32. The Bertz CT molecular complexity index is 340. The third-order valence-electron chi connectivity index (χ3n) is 3.02. The fourth-order valence-corrected chi connectivity index (χ4v) is 2.23. The van der Waals surface area contributed by atoms with Gasteiger partial charge in [-0.2, -0.15) is 5.10 Å². The number of aromatic nitrogens is 2. The third-order valence-corrected chi connectivity index (χ3v) is 3.02. The third kappa shape index (κ3) is 2.21. The quantitative estimate of drug-likeness (QED) is 0.761. The Balaban J connectivity index is 2.15. The van der Waals surface area contributed by atoms with Crippen molar-refractivity contribution in [2.24, 2.45) is 0 Å². The van der Waals surface area contributed by atoms with E-state index in [1.54, 1.807) is 0 Å². The van der Waals surface area contributed by atoms with Crippen molar-refractivity contribution in [1.29, 1.82) is 0 Å². The first kappa shape index (κ1) is 10.6. The predicted molar refractivity (Wildman–Crippen MR) is 58.8 cm³/mol. The second-order valence-corrected chi connectivity index (χ2v) is 4.42. The van der Waals surface area contributed by atoms with Crippen molar-refractivity contribution in [3.8, 4) is 0 Å². The van der Waals surface area contributed by atoms with Crippen molar-refractivity contribution in [1.82, 2.24) is 15.1 Å². The van der Waals surface area contributed by atoms with E-state index in [0.29, 0.717) is 13.0 Å². The molecule has 0 radical (unpaired) electrons. The molecule has 2 heterocycles. The van der Waals surface area contributed by atoms with Gasteiger partial charge in [0.05, 0.1) is 11.3 Å². The molecule has 1 aliphatic rings. The molecule has 0 spiro atoms. The molecule has 1 aromatic rings. The molecule has 4 heteroatoms. The van der Waals surface area contributed by atoms with Gasteiger partial charge in [0, 0.05) is 25.2 Å². The van der Waals surface area contributed by atoms with Crippen molar-refractivity contribution in [2.75, 3.05) is 13.1 Å². The molecule has 0 aromatic carbocycles. The van der Waals surface area contributed by atoms with Crippen LogP contribution >= 0.6 is 0 Å². The monoisotopic (exact) mass is 209 g/mol. The summed E-state index contributed by atoms with van der Waals surface area (Å²) in [4.78, 5) is 0. The fraction of sp³-hybridized carbons (Fsp3) is 0.727. The molecule has 2 N–H and O–H groups in total. The Morgan fingerprint density at radius 3 is 3.07 bits per heavy atom. The van der Waals surface area contributed by atoms with Crippen molar-refractivity contribution >= 4 is 0 Å². The highest BCUT2D eigenvalue weighted by Crippen LogP contribution is 2.20. The van der Waals surface area contributed by atoms with Crippen molar-refractivity contribution in [2.45, 2.75) is 38.8 Å². The van der Waals surface area contributed by atoms with Gasteiger partial charge in [0.15, 0.2) is 0 Å². The summed E-state index contributed by atoms with van der Waals surface area (Å²) < 4.78 is 1.98. The molecule has 1 aromatic heterocycles. The second kappa shape index (κ2) is 3.94. The predicted octanol–water partition coefficient (Wildman–Crippen LogP) is 0.478. The average Bonchev–Trinajstić information content (AvgIpc) is 2.73. The van der Waals surface area contributed by atoms with Crippen molar-refractivity contribution in [3.05, 3.63) is 17.5 Å². The minimum absolute atomic E-state index is 0.570. The average molecular weight is 209 g/mol. The van der Waals surface area contributed by atoms with Crippen LogP contribution in [-0.2, 0) is 13.0 Å². The Hall–Kier alpha value is -0.870. The lowest BCUT2D eigenvalue weighted by molar-refractivity contribution is 0.0597. The lowest BCUT2D eigenvalue weighted by atomic mass is 9.97. The maximum Gasteiger partial charge on any atom is 0.0838 e. The topological polar surface area (TPSA) is 50.1 Å². The maximum absolute atomic E-state index is 10.3. The minimum atomic E-state index is -0.570. The van der Waals surface area contributed by atoms with Crippen LogP contribution in [-0.4, -0.2) is 33.6 Å². The number of nitrogens with one attached hydrogen (secondary N) is 1. The minimum Gasteiger partial charge on any atom is -0.388 e. The summed E-state index contributed by atoms with van der Waals surface area (Å²) >= 11 is 0. The molecule has 84 valence electrons. The molecular weight excluding hydrogens is 190 g/mol. The van der Waals surface area contributed by atoms with Gasteiger partial charge in [-0.3, -0.25) is 4.68 Å². The Kier molecular flexibility index (Phi) is 2.80. The van der Waals surface area contributed by atoms with Crippen LogP contribution < -0.4 is 5.32 Å². The van der Waals surface area contributed by atoms with Crippen LogP contribution in [0.25, 0.3) is 0 Å². The van der Waals surface area contributed by atoms with E-state index >= 15 is 0 Å². The molecule has 1 fully saturated rings.